The molecule has 0 saturated carbocycles. The van der Waals surface area contributed by atoms with Crippen LogP contribution in [0.25, 0.3) is 11.1 Å². The molecule has 4 N–H and O–H groups in total. The van der Waals surface area contributed by atoms with Gasteiger partial charge in [0.1, 0.15) is 11.9 Å². The van der Waals surface area contributed by atoms with E-state index in [2.05, 4.69) is 12.1 Å². The predicted molar refractivity (Wildman–Crippen MR) is 140 cm³/mol. The number of amides is 1. The highest BCUT2D eigenvalue weighted by Crippen LogP contribution is 2.38. The van der Waals surface area contributed by atoms with Crippen molar-refractivity contribution >= 4 is 15.9 Å². The van der Waals surface area contributed by atoms with Crippen molar-refractivity contribution in [3.05, 3.63) is 53.6 Å². The minimum Gasteiger partial charge on any atom is -0.486 e. The molecule has 1 amide bonds. The third-order valence-corrected chi connectivity index (χ3v) is 10.3. The summed E-state index contributed by atoms with van der Waals surface area (Å²) in [5.74, 6) is -0.160. The number of hydrogen-bond acceptors (Lipinski definition) is 8. The van der Waals surface area contributed by atoms with Crippen LogP contribution in [0.15, 0.2) is 42.5 Å². The van der Waals surface area contributed by atoms with Crippen molar-refractivity contribution in [2.45, 2.75) is 49.4 Å². The number of rotatable bonds is 9. The maximum atomic E-state index is 13.6. The second kappa shape index (κ2) is 12.1. The van der Waals surface area contributed by atoms with Gasteiger partial charge in [-0.25, -0.2) is 18.2 Å². The Balaban J connectivity index is 1.46. The molecule has 4 rings (SSSR count). The molecule has 0 atom stereocenters. The van der Waals surface area contributed by atoms with E-state index in [1.165, 1.54) is 4.31 Å². The highest BCUT2D eigenvalue weighted by Gasteiger charge is 2.54. The molecule has 0 unspecified atom stereocenters. The normalized spacial score (nSPS) is 18.9. The fraction of sp³-hybridized carbons (Fsp3) is 0.519. The summed E-state index contributed by atoms with van der Waals surface area (Å²) < 4.78 is 37.7. The molecule has 2 aromatic rings. The first-order chi connectivity index (χ1) is 18.3. The number of nitrogens with zero attached hydrogens (tertiary/aromatic N) is 1. The average molecular weight is 549 g/mol. The Morgan fingerprint density at radius 3 is 2.42 bits per heavy atom. The Morgan fingerprint density at radius 2 is 1.82 bits per heavy atom. The molecule has 0 bridgehead atoms. The van der Waals surface area contributed by atoms with E-state index in [4.69, 9.17) is 9.47 Å². The summed E-state index contributed by atoms with van der Waals surface area (Å²) in [6.07, 6.45) is 0.587. The van der Waals surface area contributed by atoms with Crippen molar-refractivity contribution in [1.82, 2.24) is 9.79 Å². The lowest BCUT2D eigenvalue weighted by Crippen LogP contribution is -2.60. The number of benzene rings is 2. The van der Waals surface area contributed by atoms with Crippen LogP contribution in [0.1, 0.15) is 42.7 Å². The van der Waals surface area contributed by atoms with Crippen LogP contribution in [0.4, 0.5) is 0 Å². The molecule has 2 fully saturated rings. The van der Waals surface area contributed by atoms with Gasteiger partial charge in [0.2, 0.25) is 10.0 Å². The second-order valence-corrected chi connectivity index (χ2v) is 12.2. The zero-order chi connectivity index (χ0) is 27.3. The molecule has 2 saturated heterocycles. The van der Waals surface area contributed by atoms with Gasteiger partial charge in [0.25, 0.3) is 5.91 Å². The molecule has 11 heteroatoms. The third-order valence-electron chi connectivity index (χ3n) is 7.68. The van der Waals surface area contributed by atoms with Gasteiger partial charge in [-0.1, -0.05) is 30.3 Å². The Labute approximate surface area is 223 Å². The van der Waals surface area contributed by atoms with Crippen LogP contribution in [-0.4, -0.2) is 84.4 Å². The molecule has 0 spiro atoms. The molecule has 0 radical (unpaired) electrons. The largest absolute Gasteiger partial charge is 0.486 e. The Hall–Kier alpha value is -2.54. The van der Waals surface area contributed by atoms with Gasteiger partial charge in [-0.05, 0) is 60.1 Å². The monoisotopic (exact) mass is 548 g/mol. The van der Waals surface area contributed by atoms with E-state index < -0.39 is 26.8 Å². The van der Waals surface area contributed by atoms with Crippen molar-refractivity contribution < 1.29 is 38.1 Å². The van der Waals surface area contributed by atoms with Gasteiger partial charge in [0.05, 0.1) is 13.2 Å². The summed E-state index contributed by atoms with van der Waals surface area (Å²) in [5, 5.41) is 27.8. The molecular formula is C27H36N2O8S. The summed E-state index contributed by atoms with van der Waals surface area (Å²) >= 11 is 0. The lowest BCUT2D eigenvalue weighted by Gasteiger charge is -2.40. The topological polar surface area (TPSA) is 146 Å². The molecule has 0 aliphatic carbocycles. The van der Waals surface area contributed by atoms with Crippen LogP contribution < -0.4 is 10.2 Å². The van der Waals surface area contributed by atoms with Crippen LogP contribution >= 0.6 is 0 Å². The van der Waals surface area contributed by atoms with E-state index in [9.17, 15) is 28.6 Å². The average Bonchev–Trinajstić information content (AvgIpc) is 2.95. The third kappa shape index (κ3) is 5.58. The van der Waals surface area contributed by atoms with Gasteiger partial charge < -0.3 is 19.7 Å². The molecule has 2 heterocycles. The van der Waals surface area contributed by atoms with Crippen LogP contribution in [-0.2, 0) is 19.6 Å². The number of hydrogen-bond donors (Lipinski definition) is 4. The van der Waals surface area contributed by atoms with Gasteiger partial charge in [-0.3, -0.25) is 10.0 Å². The number of ether oxygens (including phenoxy) is 2. The lowest BCUT2D eigenvalue weighted by molar-refractivity contribution is -0.134. The Kier molecular flexibility index (Phi) is 9.07. The molecule has 208 valence electrons. The molecule has 0 aromatic heterocycles. The number of aliphatic hydroxyl groups excluding tert-OH is 2. The van der Waals surface area contributed by atoms with Gasteiger partial charge in [0, 0.05) is 39.1 Å². The number of aliphatic hydroxyl groups is 2. The minimum atomic E-state index is -3.99. The van der Waals surface area contributed by atoms with Crippen molar-refractivity contribution in [2.75, 3.05) is 39.5 Å². The zero-order valence-corrected chi connectivity index (χ0v) is 22.3. The minimum absolute atomic E-state index is 0.00914. The van der Waals surface area contributed by atoms with Gasteiger partial charge in [-0.15, -0.1) is 0 Å². The van der Waals surface area contributed by atoms with Crippen molar-refractivity contribution in [1.29, 1.82) is 0 Å². The molecule has 38 heavy (non-hydrogen) atoms. The fourth-order valence-corrected chi connectivity index (χ4v) is 7.56. The summed E-state index contributed by atoms with van der Waals surface area (Å²) in [6.45, 7) is 2.35. The Bertz CT molecular complexity index is 1220. The summed E-state index contributed by atoms with van der Waals surface area (Å²) in [6, 6.07) is 13.7. The maximum Gasteiger partial charge on any atom is 0.266 e. The molecular weight excluding hydrogens is 512 g/mol. The van der Waals surface area contributed by atoms with Crippen LogP contribution in [0.3, 0.4) is 0 Å². The maximum absolute atomic E-state index is 13.6. The lowest BCUT2D eigenvalue weighted by atomic mass is 9.87. The predicted octanol–water partition coefficient (Wildman–Crippen LogP) is 1.96. The number of carbonyl (C=O) groups is 1. The first kappa shape index (κ1) is 28.5. The molecule has 10 nitrogen and oxygen atoms in total. The van der Waals surface area contributed by atoms with Gasteiger partial charge in [-0.2, -0.15) is 0 Å². The summed E-state index contributed by atoms with van der Waals surface area (Å²) in [7, 11) is -3.99. The number of aryl methyl sites for hydroxylation is 1. The van der Waals surface area contributed by atoms with Crippen LogP contribution in [0.2, 0.25) is 0 Å². The van der Waals surface area contributed by atoms with Gasteiger partial charge >= 0.3 is 0 Å². The van der Waals surface area contributed by atoms with Crippen LogP contribution in [0.5, 0.6) is 5.75 Å². The second-order valence-electron chi connectivity index (χ2n) is 9.93. The van der Waals surface area contributed by atoms with Crippen molar-refractivity contribution in [3.63, 3.8) is 0 Å². The first-order valence-corrected chi connectivity index (χ1v) is 14.3. The molecule has 2 aliphatic rings. The van der Waals surface area contributed by atoms with E-state index in [1.807, 2.05) is 31.2 Å². The van der Waals surface area contributed by atoms with E-state index >= 15 is 0 Å². The highest BCUT2D eigenvalue weighted by atomic mass is 32.2. The molecule has 2 aliphatic heterocycles. The SMILES string of the molecule is Cc1cc(C2CCN(S(=O)(=O)C3(C(=O)NO)CCOCC3)CC2)ccc1-c1cccc(OC(CO)CO)c1. The van der Waals surface area contributed by atoms with E-state index in [-0.39, 0.29) is 45.2 Å². The number of hydroxylamine groups is 1. The first-order valence-electron chi connectivity index (χ1n) is 12.9. The highest BCUT2D eigenvalue weighted by molar-refractivity contribution is 7.91. The standard InChI is InChI=1S/C27H36N2O8S/c1-19-15-21(5-6-25(19)22-3-2-4-23(16-22)37-24(17-30)18-31)20-7-11-29(12-8-20)38(34,35)27(26(32)28-33)9-13-36-14-10-27/h2-6,15-16,20,24,30-31,33H,7-14,17-18H2,1H3,(H,28,32). The smallest absolute Gasteiger partial charge is 0.266 e. The quantitative estimate of drug-likeness (QED) is 0.275. The number of sulfonamides is 1. The number of nitrogens with one attached hydrogen (secondary N) is 1. The van der Waals surface area contributed by atoms with E-state index in [0.29, 0.717) is 31.7 Å². The van der Waals surface area contributed by atoms with E-state index in [1.54, 1.807) is 11.5 Å². The summed E-state index contributed by atoms with van der Waals surface area (Å²) in [4.78, 5) is 12.5. The number of carbonyl (C=O) groups excluding carboxylic acids is 1. The Morgan fingerprint density at radius 1 is 1.13 bits per heavy atom. The zero-order valence-electron chi connectivity index (χ0n) is 21.5. The van der Waals surface area contributed by atoms with E-state index in [0.717, 1.165) is 22.3 Å². The fourth-order valence-electron chi connectivity index (χ4n) is 5.41. The molecule has 2 aromatic carbocycles. The number of piperidine rings is 1. The van der Waals surface area contributed by atoms with Gasteiger partial charge in [0.15, 0.2) is 4.75 Å². The van der Waals surface area contributed by atoms with Crippen molar-refractivity contribution in [2.24, 2.45) is 0 Å². The summed E-state index contributed by atoms with van der Waals surface area (Å²) in [5.41, 5.74) is 5.74. The van der Waals surface area contributed by atoms with Crippen molar-refractivity contribution in [3.8, 4) is 16.9 Å². The van der Waals surface area contributed by atoms with Crippen LogP contribution in [0, 0.1) is 6.92 Å².